The van der Waals surface area contributed by atoms with Crippen molar-refractivity contribution in [1.29, 1.82) is 0 Å². The molecule has 0 bridgehead atoms. The first-order valence-electron chi connectivity index (χ1n) is 7.40. The van der Waals surface area contributed by atoms with Gasteiger partial charge in [-0.3, -0.25) is 9.00 Å². The number of benzene rings is 1. The zero-order chi connectivity index (χ0) is 15.9. The Bertz CT molecular complexity index is 544. The second-order valence-corrected chi connectivity index (χ2v) is 6.12. The van der Waals surface area contributed by atoms with Gasteiger partial charge in [-0.15, -0.1) is 0 Å². The maximum atomic E-state index is 12.1. The van der Waals surface area contributed by atoms with Crippen LogP contribution in [-0.2, 0) is 22.5 Å². The molecule has 22 heavy (non-hydrogen) atoms. The highest BCUT2D eigenvalue weighted by Crippen LogP contribution is 2.26. The molecular formula is C15H21N2O4S-. The van der Waals surface area contributed by atoms with Crippen LogP contribution in [0.3, 0.4) is 0 Å². The molecule has 0 aromatic heterocycles. The number of methoxy groups -OCH3 is 1. The van der Waals surface area contributed by atoms with E-state index in [9.17, 15) is 13.6 Å². The smallest absolute Gasteiger partial charge is 0.224 e. The number of hydrogen-bond acceptors (Lipinski definition) is 4. The Morgan fingerprint density at radius 2 is 2.09 bits per heavy atom. The fourth-order valence-corrected chi connectivity index (χ4v) is 3.08. The molecule has 0 spiro atoms. The Balaban J connectivity index is 1.99. The van der Waals surface area contributed by atoms with E-state index in [0.29, 0.717) is 11.4 Å². The monoisotopic (exact) mass is 325 g/mol. The van der Waals surface area contributed by atoms with Gasteiger partial charge in [0, 0.05) is 17.3 Å². The fourth-order valence-electron chi connectivity index (χ4n) is 2.75. The number of ether oxygens (including phenoxy) is 1. The molecule has 1 fully saturated rings. The number of hydrogen-bond donors (Lipinski definition) is 2. The van der Waals surface area contributed by atoms with E-state index in [-0.39, 0.29) is 18.4 Å². The molecule has 1 unspecified atom stereocenters. The third-order valence-corrected chi connectivity index (χ3v) is 4.18. The molecule has 1 saturated carbocycles. The minimum Gasteiger partial charge on any atom is -0.755 e. The number of carbonyl (C=O) groups excluding carboxylic acids is 1. The summed E-state index contributed by atoms with van der Waals surface area (Å²) in [5, 5.41) is 3.04. The third kappa shape index (κ3) is 4.99. The van der Waals surface area contributed by atoms with Gasteiger partial charge in [0.1, 0.15) is 5.75 Å². The summed E-state index contributed by atoms with van der Waals surface area (Å²) in [6.07, 6.45) is 5.87. The van der Waals surface area contributed by atoms with Crippen LogP contribution < -0.4 is 14.8 Å². The van der Waals surface area contributed by atoms with Gasteiger partial charge in [-0.25, -0.2) is 0 Å². The summed E-state index contributed by atoms with van der Waals surface area (Å²) >= 11 is -2.44. The van der Waals surface area contributed by atoms with Crippen molar-refractivity contribution in [2.24, 2.45) is 0 Å². The molecule has 1 aliphatic carbocycles. The van der Waals surface area contributed by atoms with E-state index >= 15 is 0 Å². The van der Waals surface area contributed by atoms with Crippen molar-refractivity contribution in [2.45, 2.75) is 44.6 Å². The van der Waals surface area contributed by atoms with Crippen LogP contribution in [0.1, 0.15) is 37.7 Å². The van der Waals surface area contributed by atoms with Gasteiger partial charge in [-0.05, 0) is 30.5 Å². The molecule has 6 nitrogen and oxygen atoms in total. The summed E-state index contributed by atoms with van der Waals surface area (Å²) in [6.45, 7) is 0. The maximum Gasteiger partial charge on any atom is 0.224 e. The minimum atomic E-state index is -2.44. The minimum absolute atomic E-state index is 0.0359. The van der Waals surface area contributed by atoms with Gasteiger partial charge >= 0.3 is 0 Å². The second kappa shape index (κ2) is 8.14. The molecule has 1 atom stereocenters. The van der Waals surface area contributed by atoms with E-state index in [1.165, 1.54) is 13.5 Å². The topological polar surface area (TPSA) is 90.5 Å². The van der Waals surface area contributed by atoms with Crippen molar-refractivity contribution in [3.8, 4) is 5.75 Å². The van der Waals surface area contributed by atoms with Gasteiger partial charge in [0.2, 0.25) is 5.91 Å². The number of carbonyl (C=O) groups is 1. The van der Waals surface area contributed by atoms with Crippen LogP contribution in [0.25, 0.3) is 0 Å². The van der Waals surface area contributed by atoms with Gasteiger partial charge in [0.05, 0.1) is 19.2 Å². The van der Waals surface area contributed by atoms with Crippen LogP contribution >= 0.6 is 0 Å². The molecule has 2 N–H and O–H groups in total. The summed E-state index contributed by atoms with van der Waals surface area (Å²) < 4.78 is 28.9. The highest BCUT2D eigenvalue weighted by molar-refractivity contribution is 7.80. The van der Waals surface area contributed by atoms with Crippen LogP contribution in [0, 0.1) is 0 Å². The second-order valence-electron chi connectivity index (χ2n) is 5.45. The molecule has 0 aliphatic heterocycles. The number of nitrogens with one attached hydrogen (secondary N) is 2. The van der Waals surface area contributed by atoms with Crippen molar-refractivity contribution in [1.82, 2.24) is 5.32 Å². The van der Waals surface area contributed by atoms with Crippen molar-refractivity contribution < 1.29 is 18.3 Å². The zero-order valence-corrected chi connectivity index (χ0v) is 13.4. The van der Waals surface area contributed by atoms with E-state index in [1.807, 2.05) is 0 Å². The van der Waals surface area contributed by atoms with Crippen molar-refractivity contribution in [3.05, 3.63) is 23.8 Å². The van der Waals surface area contributed by atoms with Gasteiger partial charge in [-0.1, -0.05) is 25.3 Å². The number of amides is 1. The standard InChI is InChI=1S/C15H22N2O4S/c1-21-14-8-7-11(9-13(14)17-22(19)20)10-15(18)16-12-5-3-2-4-6-12/h7-9,12,17H,2-6,10H2,1H3,(H,16,18)(H,19,20)/p-1. The van der Waals surface area contributed by atoms with Crippen LogP contribution in [0.2, 0.25) is 0 Å². The van der Waals surface area contributed by atoms with Crippen LogP contribution in [0.15, 0.2) is 18.2 Å². The molecule has 2 rings (SSSR count). The van der Waals surface area contributed by atoms with E-state index in [1.54, 1.807) is 18.2 Å². The van der Waals surface area contributed by atoms with E-state index in [0.717, 1.165) is 31.2 Å². The number of rotatable bonds is 6. The Hall–Kier alpha value is -1.60. The first-order valence-corrected chi connectivity index (χ1v) is 8.48. The lowest BCUT2D eigenvalue weighted by Gasteiger charge is -2.22. The summed E-state index contributed by atoms with van der Waals surface area (Å²) in [6, 6.07) is 5.30. The molecule has 1 amide bonds. The molecule has 122 valence electrons. The molecule has 7 heteroatoms. The highest BCUT2D eigenvalue weighted by atomic mass is 32.2. The lowest BCUT2D eigenvalue weighted by molar-refractivity contribution is -0.121. The Labute approximate surface area is 133 Å². The fraction of sp³-hybridized carbons (Fsp3) is 0.533. The summed E-state index contributed by atoms with van der Waals surface area (Å²) in [5.74, 6) is 0.381. The normalized spacial score (nSPS) is 16.8. The first-order chi connectivity index (χ1) is 10.6. The molecule has 1 aromatic carbocycles. The third-order valence-electron chi connectivity index (χ3n) is 3.79. The Morgan fingerprint density at radius 3 is 2.73 bits per heavy atom. The van der Waals surface area contributed by atoms with Gasteiger partial charge < -0.3 is 19.3 Å². The zero-order valence-electron chi connectivity index (χ0n) is 12.6. The lowest BCUT2D eigenvalue weighted by atomic mass is 9.95. The van der Waals surface area contributed by atoms with Crippen LogP contribution in [0.4, 0.5) is 5.69 Å². The van der Waals surface area contributed by atoms with E-state index < -0.39 is 11.3 Å². The first kappa shape index (κ1) is 16.8. The average molecular weight is 325 g/mol. The Kier molecular flexibility index (Phi) is 6.21. The summed E-state index contributed by atoms with van der Waals surface area (Å²) in [7, 11) is 1.46. The van der Waals surface area contributed by atoms with Crippen LogP contribution in [0.5, 0.6) is 5.75 Å². The highest BCUT2D eigenvalue weighted by Gasteiger charge is 2.16. The molecule has 1 aromatic rings. The van der Waals surface area contributed by atoms with E-state index in [2.05, 4.69) is 10.0 Å². The number of anilines is 1. The predicted octanol–water partition coefficient (Wildman–Crippen LogP) is 1.89. The van der Waals surface area contributed by atoms with E-state index in [4.69, 9.17) is 4.74 Å². The summed E-state index contributed by atoms with van der Waals surface area (Å²) in [4.78, 5) is 12.1. The van der Waals surface area contributed by atoms with Gasteiger partial charge in [0.25, 0.3) is 0 Å². The Morgan fingerprint density at radius 1 is 1.36 bits per heavy atom. The summed E-state index contributed by atoms with van der Waals surface area (Å²) in [5.41, 5.74) is 1.07. The molecule has 1 aliphatic rings. The molecular weight excluding hydrogens is 304 g/mol. The lowest BCUT2D eigenvalue weighted by Crippen LogP contribution is -2.37. The van der Waals surface area contributed by atoms with Crippen LogP contribution in [-0.4, -0.2) is 27.8 Å². The van der Waals surface area contributed by atoms with Gasteiger partial charge in [-0.2, -0.15) is 0 Å². The van der Waals surface area contributed by atoms with Crippen molar-refractivity contribution >= 4 is 22.9 Å². The van der Waals surface area contributed by atoms with Gasteiger partial charge in [0.15, 0.2) is 0 Å². The molecule has 0 saturated heterocycles. The SMILES string of the molecule is COc1ccc(CC(=O)NC2CCCCC2)cc1NS(=O)[O-]. The maximum absolute atomic E-state index is 12.1. The largest absolute Gasteiger partial charge is 0.755 e. The quantitative estimate of drug-likeness (QED) is 0.782. The molecule has 0 radical (unpaired) electrons. The molecule has 0 heterocycles. The van der Waals surface area contributed by atoms with Crippen molar-refractivity contribution in [3.63, 3.8) is 0 Å². The predicted molar refractivity (Wildman–Crippen MR) is 84.3 cm³/mol. The average Bonchev–Trinajstić information content (AvgIpc) is 2.48. The van der Waals surface area contributed by atoms with Crippen molar-refractivity contribution in [2.75, 3.05) is 11.8 Å².